The molecule has 0 aliphatic carbocycles. The van der Waals surface area contributed by atoms with E-state index >= 15 is 0 Å². The van der Waals surface area contributed by atoms with Gasteiger partial charge in [-0.25, -0.2) is 0 Å². The van der Waals surface area contributed by atoms with Crippen molar-refractivity contribution in [2.24, 2.45) is 0 Å². The molecule has 0 spiro atoms. The van der Waals surface area contributed by atoms with Crippen LogP contribution in [-0.2, 0) is 13.1 Å². The fraction of sp³-hybridized carbons (Fsp3) is 0.250. The lowest BCUT2D eigenvalue weighted by Gasteiger charge is -2.20. The number of aliphatic hydroxyl groups is 1. The van der Waals surface area contributed by atoms with E-state index in [1.807, 2.05) is 12.1 Å². The zero-order chi connectivity index (χ0) is 13.4. The van der Waals surface area contributed by atoms with Gasteiger partial charge in [-0.05, 0) is 51.7 Å². The fourth-order valence-corrected chi connectivity index (χ4v) is 3.19. The highest BCUT2D eigenvalue weighted by Crippen LogP contribution is 2.34. The molecular weight excluding hydrogens is 302 g/mol. The summed E-state index contributed by atoms with van der Waals surface area (Å²) in [5.41, 5.74) is 4.91. The number of nitrogens with zero attached hydrogens (tertiary/aromatic N) is 1. The second-order valence-corrected chi connectivity index (χ2v) is 5.87. The van der Waals surface area contributed by atoms with Gasteiger partial charge in [-0.1, -0.05) is 30.3 Å². The molecule has 2 nitrogen and oxygen atoms in total. The second kappa shape index (κ2) is 4.99. The molecule has 0 radical (unpaired) electrons. The molecule has 0 saturated heterocycles. The van der Waals surface area contributed by atoms with Gasteiger partial charge in [0.25, 0.3) is 0 Å². The number of anilines is 1. The van der Waals surface area contributed by atoms with Crippen LogP contribution in [-0.4, -0.2) is 5.11 Å². The van der Waals surface area contributed by atoms with Crippen LogP contribution in [0.5, 0.6) is 0 Å². The van der Waals surface area contributed by atoms with Crippen LogP contribution >= 0.6 is 15.9 Å². The minimum Gasteiger partial charge on any atom is -0.389 e. The van der Waals surface area contributed by atoms with Crippen molar-refractivity contribution in [1.82, 2.24) is 0 Å². The average Bonchev–Trinajstić information content (AvgIpc) is 2.81. The van der Waals surface area contributed by atoms with Gasteiger partial charge in [0.05, 0.1) is 11.8 Å². The third-order valence-corrected chi connectivity index (χ3v) is 4.27. The number of aliphatic hydroxyl groups excluding tert-OH is 1. The van der Waals surface area contributed by atoms with Crippen LogP contribution < -0.4 is 4.90 Å². The minimum absolute atomic E-state index is 0.430. The number of benzene rings is 2. The van der Waals surface area contributed by atoms with E-state index in [1.54, 1.807) is 6.92 Å². The molecule has 0 aromatic heterocycles. The SMILES string of the molecule is CC(O)c1ccc(N2Cc3ccccc3C2)c(Br)c1. The monoisotopic (exact) mass is 317 g/mol. The molecule has 98 valence electrons. The first-order chi connectivity index (χ1) is 9.15. The molecule has 1 unspecified atom stereocenters. The molecule has 3 heteroatoms. The summed E-state index contributed by atoms with van der Waals surface area (Å²) in [6, 6.07) is 14.6. The topological polar surface area (TPSA) is 23.5 Å². The molecule has 2 aromatic carbocycles. The summed E-state index contributed by atoms with van der Waals surface area (Å²) in [4.78, 5) is 2.35. The second-order valence-electron chi connectivity index (χ2n) is 5.01. The van der Waals surface area contributed by atoms with Gasteiger partial charge in [-0.3, -0.25) is 0 Å². The van der Waals surface area contributed by atoms with Crippen LogP contribution in [0.3, 0.4) is 0 Å². The number of halogens is 1. The van der Waals surface area contributed by atoms with Crippen molar-refractivity contribution in [3.8, 4) is 0 Å². The molecule has 1 atom stereocenters. The van der Waals surface area contributed by atoms with Gasteiger partial charge in [-0.2, -0.15) is 0 Å². The van der Waals surface area contributed by atoms with Gasteiger partial charge in [0.2, 0.25) is 0 Å². The Hall–Kier alpha value is -1.32. The average molecular weight is 318 g/mol. The molecule has 3 rings (SSSR count). The predicted molar refractivity (Wildman–Crippen MR) is 81.1 cm³/mol. The Labute approximate surface area is 121 Å². The Balaban J connectivity index is 1.89. The summed E-state index contributed by atoms with van der Waals surface area (Å²) in [6.07, 6.45) is -0.430. The van der Waals surface area contributed by atoms with Crippen molar-refractivity contribution < 1.29 is 5.11 Å². The number of fused-ring (bicyclic) bond motifs is 1. The van der Waals surface area contributed by atoms with Crippen LogP contribution in [0.2, 0.25) is 0 Å². The molecule has 19 heavy (non-hydrogen) atoms. The Morgan fingerprint density at radius 1 is 1.11 bits per heavy atom. The van der Waals surface area contributed by atoms with Crippen LogP contribution in [0.4, 0.5) is 5.69 Å². The van der Waals surface area contributed by atoms with Gasteiger partial charge in [0.1, 0.15) is 0 Å². The van der Waals surface area contributed by atoms with E-state index in [0.29, 0.717) is 0 Å². The van der Waals surface area contributed by atoms with E-state index in [9.17, 15) is 5.11 Å². The molecule has 0 saturated carbocycles. The lowest BCUT2D eigenvalue weighted by molar-refractivity contribution is 0.199. The smallest absolute Gasteiger partial charge is 0.0762 e. The molecule has 1 heterocycles. The number of rotatable bonds is 2. The molecule has 0 bridgehead atoms. The Morgan fingerprint density at radius 2 is 1.74 bits per heavy atom. The summed E-state index contributed by atoms with van der Waals surface area (Å²) in [5, 5.41) is 9.61. The van der Waals surface area contributed by atoms with E-state index in [-0.39, 0.29) is 0 Å². The lowest BCUT2D eigenvalue weighted by Crippen LogP contribution is -2.15. The van der Waals surface area contributed by atoms with Crippen LogP contribution in [0.1, 0.15) is 29.7 Å². The van der Waals surface area contributed by atoms with E-state index in [2.05, 4.69) is 51.2 Å². The molecule has 1 N–H and O–H groups in total. The maximum absolute atomic E-state index is 9.61. The molecule has 0 amide bonds. The Morgan fingerprint density at radius 3 is 2.26 bits per heavy atom. The third-order valence-electron chi connectivity index (χ3n) is 3.64. The van der Waals surface area contributed by atoms with Crippen molar-refractivity contribution in [2.45, 2.75) is 26.1 Å². The number of hydrogen-bond donors (Lipinski definition) is 1. The van der Waals surface area contributed by atoms with E-state index < -0.39 is 6.10 Å². The van der Waals surface area contributed by atoms with Gasteiger partial charge in [-0.15, -0.1) is 0 Å². The van der Waals surface area contributed by atoms with Gasteiger partial charge in [0, 0.05) is 17.6 Å². The zero-order valence-electron chi connectivity index (χ0n) is 10.8. The predicted octanol–water partition coefficient (Wildman–Crippen LogP) is 4.02. The summed E-state index contributed by atoms with van der Waals surface area (Å²) in [7, 11) is 0. The van der Waals surface area contributed by atoms with E-state index in [4.69, 9.17) is 0 Å². The maximum atomic E-state index is 9.61. The lowest BCUT2D eigenvalue weighted by atomic mass is 10.1. The van der Waals surface area contributed by atoms with Crippen molar-refractivity contribution >= 4 is 21.6 Å². The zero-order valence-corrected chi connectivity index (χ0v) is 12.4. The molecular formula is C16H16BrNO. The largest absolute Gasteiger partial charge is 0.389 e. The Kier molecular flexibility index (Phi) is 3.33. The van der Waals surface area contributed by atoms with E-state index in [0.717, 1.165) is 23.1 Å². The fourth-order valence-electron chi connectivity index (χ4n) is 2.54. The van der Waals surface area contributed by atoms with Crippen molar-refractivity contribution in [1.29, 1.82) is 0 Å². The Bertz CT molecular complexity index is 584. The quantitative estimate of drug-likeness (QED) is 0.904. The first-order valence-electron chi connectivity index (χ1n) is 6.44. The highest BCUT2D eigenvalue weighted by Gasteiger charge is 2.20. The third kappa shape index (κ3) is 2.40. The highest BCUT2D eigenvalue weighted by molar-refractivity contribution is 9.10. The van der Waals surface area contributed by atoms with Crippen LogP contribution in [0.25, 0.3) is 0 Å². The van der Waals surface area contributed by atoms with Crippen molar-refractivity contribution in [3.63, 3.8) is 0 Å². The first kappa shape index (κ1) is 12.7. The summed E-state index contributed by atoms with van der Waals surface area (Å²) < 4.78 is 1.04. The molecule has 1 aliphatic heterocycles. The standard InChI is InChI=1S/C16H16BrNO/c1-11(19)12-6-7-16(15(17)8-12)18-9-13-4-2-3-5-14(13)10-18/h2-8,11,19H,9-10H2,1H3. The van der Waals surface area contributed by atoms with Crippen molar-refractivity contribution in [2.75, 3.05) is 4.90 Å². The molecule has 1 aliphatic rings. The van der Waals surface area contributed by atoms with E-state index in [1.165, 1.54) is 16.8 Å². The molecule has 0 fully saturated rings. The highest BCUT2D eigenvalue weighted by atomic mass is 79.9. The minimum atomic E-state index is -0.430. The molecule has 2 aromatic rings. The normalized spacial score (nSPS) is 15.4. The van der Waals surface area contributed by atoms with Crippen LogP contribution in [0, 0.1) is 0 Å². The van der Waals surface area contributed by atoms with Gasteiger partial charge < -0.3 is 10.0 Å². The first-order valence-corrected chi connectivity index (χ1v) is 7.23. The summed E-state index contributed by atoms with van der Waals surface area (Å²) in [6.45, 7) is 3.68. The summed E-state index contributed by atoms with van der Waals surface area (Å²) in [5.74, 6) is 0. The van der Waals surface area contributed by atoms with Crippen LogP contribution in [0.15, 0.2) is 46.9 Å². The van der Waals surface area contributed by atoms with Gasteiger partial charge in [0.15, 0.2) is 0 Å². The summed E-state index contributed by atoms with van der Waals surface area (Å²) >= 11 is 3.62. The number of hydrogen-bond acceptors (Lipinski definition) is 2. The van der Waals surface area contributed by atoms with Crippen molar-refractivity contribution in [3.05, 3.63) is 63.6 Å². The maximum Gasteiger partial charge on any atom is 0.0762 e. The van der Waals surface area contributed by atoms with Gasteiger partial charge >= 0.3 is 0 Å².